The molecule has 1 aliphatic heterocycles. The van der Waals surface area contributed by atoms with Gasteiger partial charge in [-0.1, -0.05) is 6.07 Å². The minimum absolute atomic E-state index is 0.0421. The Labute approximate surface area is 99.7 Å². The Bertz CT molecular complexity index is 455. The van der Waals surface area contributed by atoms with E-state index in [1.807, 2.05) is 6.92 Å². The molecule has 1 saturated carbocycles. The molecule has 1 aliphatic carbocycles. The summed E-state index contributed by atoms with van der Waals surface area (Å²) in [6, 6.07) is 3.54. The van der Waals surface area contributed by atoms with Gasteiger partial charge in [0, 0.05) is 11.5 Å². The smallest absolute Gasteiger partial charge is 0.197 e. The van der Waals surface area contributed by atoms with Gasteiger partial charge in [0.1, 0.15) is 13.2 Å². The first-order valence-corrected chi connectivity index (χ1v) is 5.99. The van der Waals surface area contributed by atoms with E-state index in [1.54, 1.807) is 12.1 Å². The van der Waals surface area contributed by atoms with Crippen LogP contribution in [0.4, 0.5) is 4.39 Å². The van der Waals surface area contributed by atoms with E-state index in [2.05, 4.69) is 0 Å². The highest BCUT2D eigenvalue weighted by molar-refractivity contribution is 5.49. The minimum atomic E-state index is -0.294. The Morgan fingerprint density at radius 3 is 2.65 bits per heavy atom. The van der Waals surface area contributed by atoms with Crippen molar-refractivity contribution in [1.82, 2.24) is 0 Å². The van der Waals surface area contributed by atoms with Crippen molar-refractivity contribution < 1.29 is 13.9 Å². The van der Waals surface area contributed by atoms with Crippen LogP contribution in [-0.4, -0.2) is 19.3 Å². The molecular formula is C13H16FNO2. The molecule has 1 aromatic rings. The molecule has 17 heavy (non-hydrogen) atoms. The number of hydrogen-bond acceptors (Lipinski definition) is 3. The van der Waals surface area contributed by atoms with Gasteiger partial charge in [-0.3, -0.25) is 0 Å². The van der Waals surface area contributed by atoms with Crippen LogP contribution in [0.25, 0.3) is 0 Å². The zero-order chi connectivity index (χ0) is 12.0. The fourth-order valence-electron chi connectivity index (χ4n) is 2.57. The maximum atomic E-state index is 14.4. The van der Waals surface area contributed by atoms with Crippen LogP contribution in [0.3, 0.4) is 0 Å². The maximum absolute atomic E-state index is 14.4. The van der Waals surface area contributed by atoms with Gasteiger partial charge in [-0.15, -0.1) is 0 Å². The van der Waals surface area contributed by atoms with Crippen molar-refractivity contribution in [3.63, 3.8) is 0 Å². The molecule has 92 valence electrons. The highest BCUT2D eigenvalue weighted by atomic mass is 19.1. The van der Waals surface area contributed by atoms with Crippen molar-refractivity contribution >= 4 is 0 Å². The quantitative estimate of drug-likeness (QED) is 0.855. The molecule has 0 bridgehead atoms. The van der Waals surface area contributed by atoms with Crippen molar-refractivity contribution in [2.45, 2.75) is 31.2 Å². The van der Waals surface area contributed by atoms with Crippen molar-refractivity contribution in [1.29, 1.82) is 0 Å². The van der Waals surface area contributed by atoms with E-state index in [0.717, 1.165) is 12.8 Å². The van der Waals surface area contributed by atoms with E-state index in [9.17, 15) is 4.39 Å². The lowest BCUT2D eigenvalue weighted by Gasteiger charge is -2.25. The van der Waals surface area contributed by atoms with Gasteiger partial charge in [0.05, 0.1) is 0 Å². The molecule has 1 fully saturated rings. The first-order chi connectivity index (χ1) is 8.15. The molecule has 4 heteroatoms. The van der Waals surface area contributed by atoms with E-state index >= 15 is 0 Å². The summed E-state index contributed by atoms with van der Waals surface area (Å²) in [5.74, 6) is 0.454. The van der Waals surface area contributed by atoms with Crippen LogP contribution >= 0.6 is 0 Å². The van der Waals surface area contributed by atoms with E-state index < -0.39 is 0 Å². The summed E-state index contributed by atoms with van der Waals surface area (Å²) < 4.78 is 25.1. The summed E-state index contributed by atoms with van der Waals surface area (Å²) in [6.45, 7) is 2.81. The molecule has 0 radical (unpaired) electrons. The highest BCUT2D eigenvalue weighted by Gasteiger charge is 2.49. The molecule has 3 nitrogen and oxygen atoms in total. The van der Waals surface area contributed by atoms with Crippen LogP contribution in [0.1, 0.15) is 25.3 Å². The van der Waals surface area contributed by atoms with Crippen molar-refractivity contribution in [2.24, 2.45) is 5.73 Å². The Morgan fingerprint density at radius 1 is 1.29 bits per heavy atom. The average molecular weight is 237 g/mol. The third-order valence-electron chi connectivity index (χ3n) is 3.84. The van der Waals surface area contributed by atoms with Gasteiger partial charge in [0.15, 0.2) is 17.3 Å². The number of halogens is 1. The van der Waals surface area contributed by atoms with Gasteiger partial charge in [0.2, 0.25) is 0 Å². The summed E-state index contributed by atoms with van der Waals surface area (Å²) in [7, 11) is 0. The van der Waals surface area contributed by atoms with E-state index in [4.69, 9.17) is 15.2 Å². The SMILES string of the molecule is CC(N)C1(c2ccc3c(c2F)OCCO3)CC1. The second kappa shape index (κ2) is 3.60. The molecule has 1 unspecified atom stereocenters. The molecule has 0 amide bonds. The molecule has 2 N–H and O–H groups in total. The van der Waals surface area contributed by atoms with Crippen LogP contribution in [0.15, 0.2) is 12.1 Å². The Kier molecular flexibility index (Phi) is 2.30. The number of fused-ring (bicyclic) bond motifs is 1. The predicted octanol–water partition coefficient (Wildman–Crippen LogP) is 1.98. The summed E-state index contributed by atoms with van der Waals surface area (Å²) in [5.41, 5.74) is 6.45. The summed E-state index contributed by atoms with van der Waals surface area (Å²) >= 11 is 0. The molecule has 1 heterocycles. The fourth-order valence-corrected chi connectivity index (χ4v) is 2.57. The highest BCUT2D eigenvalue weighted by Crippen LogP contribution is 2.53. The first-order valence-electron chi connectivity index (χ1n) is 5.99. The minimum Gasteiger partial charge on any atom is -0.486 e. The average Bonchev–Trinajstić information content (AvgIpc) is 3.11. The van der Waals surface area contributed by atoms with Crippen LogP contribution in [0.2, 0.25) is 0 Å². The molecule has 1 atom stereocenters. The Balaban J connectivity index is 2.07. The number of hydrogen-bond donors (Lipinski definition) is 1. The van der Waals surface area contributed by atoms with Crippen LogP contribution in [0.5, 0.6) is 11.5 Å². The predicted molar refractivity (Wildman–Crippen MR) is 62.0 cm³/mol. The normalized spacial score (nSPS) is 22.1. The fraction of sp³-hybridized carbons (Fsp3) is 0.538. The zero-order valence-corrected chi connectivity index (χ0v) is 9.83. The largest absolute Gasteiger partial charge is 0.486 e. The summed E-state index contributed by atoms with van der Waals surface area (Å²) in [6.07, 6.45) is 1.89. The second-order valence-electron chi connectivity index (χ2n) is 4.90. The van der Waals surface area contributed by atoms with Gasteiger partial charge >= 0.3 is 0 Å². The van der Waals surface area contributed by atoms with Crippen molar-refractivity contribution in [3.8, 4) is 11.5 Å². The lowest BCUT2D eigenvalue weighted by molar-refractivity contribution is 0.163. The molecule has 0 saturated heterocycles. The standard InChI is InChI=1S/C13H16FNO2/c1-8(15)13(4-5-13)9-2-3-10-12(11(9)14)17-7-6-16-10/h2-3,8H,4-7,15H2,1H3. The Hall–Kier alpha value is -1.29. The van der Waals surface area contributed by atoms with Gasteiger partial charge < -0.3 is 15.2 Å². The van der Waals surface area contributed by atoms with Gasteiger partial charge in [-0.2, -0.15) is 0 Å². The van der Waals surface area contributed by atoms with Crippen LogP contribution < -0.4 is 15.2 Å². The summed E-state index contributed by atoms with van der Waals surface area (Å²) in [4.78, 5) is 0. The van der Waals surface area contributed by atoms with Crippen molar-refractivity contribution in [2.75, 3.05) is 13.2 Å². The van der Waals surface area contributed by atoms with Gasteiger partial charge in [0.25, 0.3) is 0 Å². The summed E-state index contributed by atoms with van der Waals surface area (Å²) in [5, 5.41) is 0. The number of rotatable bonds is 2. The van der Waals surface area contributed by atoms with E-state index in [1.165, 1.54) is 0 Å². The van der Waals surface area contributed by atoms with Crippen LogP contribution in [0, 0.1) is 5.82 Å². The van der Waals surface area contributed by atoms with Gasteiger partial charge in [-0.05, 0) is 31.4 Å². The molecule has 0 aromatic heterocycles. The van der Waals surface area contributed by atoms with E-state index in [-0.39, 0.29) is 23.0 Å². The topological polar surface area (TPSA) is 44.5 Å². The van der Waals surface area contributed by atoms with Crippen molar-refractivity contribution in [3.05, 3.63) is 23.5 Å². The monoisotopic (exact) mass is 237 g/mol. The van der Waals surface area contributed by atoms with E-state index in [0.29, 0.717) is 24.5 Å². The van der Waals surface area contributed by atoms with Crippen LogP contribution in [-0.2, 0) is 5.41 Å². The molecule has 0 spiro atoms. The Morgan fingerprint density at radius 2 is 2.00 bits per heavy atom. The number of nitrogens with two attached hydrogens (primary N) is 1. The molecule has 1 aromatic carbocycles. The third-order valence-corrected chi connectivity index (χ3v) is 3.84. The molecular weight excluding hydrogens is 221 g/mol. The molecule has 2 aliphatic rings. The second-order valence-corrected chi connectivity index (χ2v) is 4.90. The zero-order valence-electron chi connectivity index (χ0n) is 9.83. The third kappa shape index (κ3) is 1.51. The lowest BCUT2D eigenvalue weighted by atomic mass is 9.88. The first kappa shape index (κ1) is 10.8. The lowest BCUT2D eigenvalue weighted by Crippen LogP contribution is -2.32. The maximum Gasteiger partial charge on any atom is 0.197 e. The molecule has 3 rings (SSSR count). The number of ether oxygens (including phenoxy) is 2. The number of benzene rings is 1. The van der Waals surface area contributed by atoms with Gasteiger partial charge in [-0.25, -0.2) is 4.39 Å².